The molecular weight excluding hydrogens is 429 g/mol. The lowest BCUT2D eigenvalue weighted by molar-refractivity contribution is -0.113. The second-order valence-electron chi connectivity index (χ2n) is 7.22. The van der Waals surface area contributed by atoms with Crippen molar-refractivity contribution in [1.29, 1.82) is 0 Å². The highest BCUT2D eigenvalue weighted by molar-refractivity contribution is 8.20. The number of amides is 1. The third kappa shape index (κ3) is 3.64. The fraction of sp³-hybridized carbons (Fsp3) is 0.0833. The van der Waals surface area contributed by atoms with Crippen molar-refractivity contribution in [2.75, 3.05) is 16.8 Å². The van der Waals surface area contributed by atoms with Gasteiger partial charge in [0, 0.05) is 11.9 Å². The van der Waals surface area contributed by atoms with Crippen LogP contribution < -0.4 is 9.80 Å². The van der Waals surface area contributed by atoms with Crippen LogP contribution in [-0.4, -0.2) is 18.1 Å². The molecule has 2 aliphatic heterocycles. The van der Waals surface area contributed by atoms with Gasteiger partial charge in [-0.15, -0.1) is 0 Å². The minimum absolute atomic E-state index is 0.112. The molecule has 0 unspecified atom stereocenters. The Hall–Kier alpha value is -3.03. The first-order valence-electron chi connectivity index (χ1n) is 9.69. The van der Waals surface area contributed by atoms with Gasteiger partial charge in [-0.3, -0.25) is 9.69 Å². The Morgan fingerprint density at radius 1 is 0.935 bits per heavy atom. The Balaban J connectivity index is 1.62. The summed E-state index contributed by atoms with van der Waals surface area (Å²) in [6, 6.07) is 21.8. The van der Waals surface area contributed by atoms with Crippen LogP contribution in [0.5, 0.6) is 0 Å². The maximum atomic E-state index is 13.6. The number of carbonyl (C=O) groups excluding carboxylic acids is 1. The SMILES string of the molecule is Cc1cccc(N2C(=O)/C(=C3/Sc4ccccc4N3C)SC2=Nc2ccc(F)cc2)c1. The summed E-state index contributed by atoms with van der Waals surface area (Å²) in [4.78, 5) is 23.7. The Bertz CT molecular complexity index is 1250. The molecule has 0 saturated carbocycles. The lowest BCUT2D eigenvalue weighted by Gasteiger charge is -2.17. The third-order valence-electron chi connectivity index (χ3n) is 5.03. The van der Waals surface area contributed by atoms with E-state index in [1.807, 2.05) is 56.4 Å². The summed E-state index contributed by atoms with van der Waals surface area (Å²) >= 11 is 2.94. The summed E-state index contributed by atoms with van der Waals surface area (Å²) in [6.07, 6.45) is 0. The average molecular weight is 448 g/mol. The van der Waals surface area contributed by atoms with Crippen LogP contribution >= 0.6 is 23.5 Å². The first-order chi connectivity index (χ1) is 15.0. The van der Waals surface area contributed by atoms with E-state index in [0.29, 0.717) is 15.8 Å². The number of halogens is 1. The number of nitrogens with zero attached hydrogens (tertiary/aromatic N) is 3. The number of anilines is 2. The highest BCUT2D eigenvalue weighted by Gasteiger charge is 2.40. The van der Waals surface area contributed by atoms with Gasteiger partial charge in [0.1, 0.15) is 10.7 Å². The molecule has 5 rings (SSSR count). The summed E-state index contributed by atoms with van der Waals surface area (Å²) in [5, 5.41) is 1.44. The van der Waals surface area contributed by atoms with E-state index in [1.165, 1.54) is 23.9 Å². The van der Waals surface area contributed by atoms with Crippen molar-refractivity contribution in [2.45, 2.75) is 11.8 Å². The van der Waals surface area contributed by atoms with Gasteiger partial charge in [0.25, 0.3) is 5.91 Å². The molecule has 0 spiro atoms. The number of rotatable bonds is 2. The molecule has 2 heterocycles. The molecule has 1 saturated heterocycles. The molecule has 4 nitrogen and oxygen atoms in total. The van der Waals surface area contributed by atoms with Crippen LogP contribution in [0.1, 0.15) is 5.56 Å². The molecule has 1 amide bonds. The molecule has 0 aliphatic carbocycles. The molecule has 0 atom stereocenters. The molecule has 31 heavy (non-hydrogen) atoms. The van der Waals surface area contributed by atoms with Gasteiger partial charge in [0.15, 0.2) is 5.17 Å². The molecule has 3 aromatic rings. The Morgan fingerprint density at radius 2 is 1.71 bits per heavy atom. The molecule has 1 fully saturated rings. The summed E-state index contributed by atoms with van der Waals surface area (Å²) < 4.78 is 13.4. The van der Waals surface area contributed by atoms with Crippen LogP contribution in [0.2, 0.25) is 0 Å². The summed E-state index contributed by atoms with van der Waals surface area (Å²) in [5.41, 5.74) is 3.49. The van der Waals surface area contributed by atoms with Gasteiger partial charge in [0.05, 0.1) is 22.1 Å². The molecule has 154 valence electrons. The van der Waals surface area contributed by atoms with Crippen molar-refractivity contribution in [3.8, 4) is 0 Å². The van der Waals surface area contributed by atoms with Gasteiger partial charge < -0.3 is 4.90 Å². The van der Waals surface area contributed by atoms with Crippen LogP contribution in [0.4, 0.5) is 21.5 Å². The second-order valence-corrected chi connectivity index (χ2v) is 9.22. The topological polar surface area (TPSA) is 35.9 Å². The molecule has 2 aliphatic rings. The minimum Gasteiger partial charge on any atom is -0.337 e. The van der Waals surface area contributed by atoms with Crippen molar-refractivity contribution < 1.29 is 9.18 Å². The highest BCUT2D eigenvalue weighted by atomic mass is 32.2. The van der Waals surface area contributed by atoms with Crippen molar-refractivity contribution in [3.63, 3.8) is 0 Å². The normalized spacial score (nSPS) is 19.5. The number of aliphatic imine (C=N–C) groups is 1. The van der Waals surface area contributed by atoms with Crippen LogP contribution in [0.15, 0.2) is 92.6 Å². The molecule has 0 N–H and O–H groups in total. The van der Waals surface area contributed by atoms with E-state index in [1.54, 1.807) is 28.8 Å². The molecule has 3 aromatic carbocycles. The first-order valence-corrected chi connectivity index (χ1v) is 11.3. The van der Waals surface area contributed by atoms with Crippen LogP contribution in [0.25, 0.3) is 0 Å². The Morgan fingerprint density at radius 3 is 2.45 bits per heavy atom. The Kier molecular flexibility index (Phi) is 5.08. The predicted octanol–water partition coefficient (Wildman–Crippen LogP) is 6.31. The van der Waals surface area contributed by atoms with E-state index in [9.17, 15) is 9.18 Å². The summed E-state index contributed by atoms with van der Waals surface area (Å²) in [7, 11) is 1.97. The van der Waals surface area contributed by atoms with Crippen LogP contribution in [0.3, 0.4) is 0 Å². The lowest BCUT2D eigenvalue weighted by atomic mass is 10.2. The van der Waals surface area contributed by atoms with Crippen molar-refractivity contribution in [3.05, 3.63) is 94.1 Å². The number of aryl methyl sites for hydroxylation is 1. The quantitative estimate of drug-likeness (QED) is 0.431. The molecule has 7 heteroatoms. The van der Waals surface area contributed by atoms with Crippen molar-refractivity contribution in [1.82, 2.24) is 0 Å². The number of amidine groups is 1. The Labute approximate surface area is 188 Å². The number of hydrogen-bond donors (Lipinski definition) is 0. The van der Waals surface area contributed by atoms with E-state index in [2.05, 4.69) is 16.0 Å². The molecule has 0 bridgehead atoms. The van der Waals surface area contributed by atoms with E-state index in [-0.39, 0.29) is 11.7 Å². The van der Waals surface area contributed by atoms with Gasteiger partial charge in [-0.05, 0) is 72.8 Å². The van der Waals surface area contributed by atoms with E-state index in [4.69, 9.17) is 0 Å². The lowest BCUT2D eigenvalue weighted by Crippen LogP contribution is -2.29. The zero-order valence-electron chi connectivity index (χ0n) is 16.9. The fourth-order valence-electron chi connectivity index (χ4n) is 3.50. The zero-order chi connectivity index (χ0) is 21.5. The smallest absolute Gasteiger partial charge is 0.274 e. The molecule has 0 radical (unpaired) electrons. The standard InChI is InChI=1S/C24H18FN3OS2/c1-15-6-5-7-18(14-15)28-22(29)21(23-27(2)19-8-3-4-9-20(19)30-23)31-24(28)26-17-12-10-16(25)11-13-17/h3-14H,1-2H3/b23-21-,26-24?. The number of thioether (sulfide) groups is 2. The average Bonchev–Trinajstić information content (AvgIpc) is 3.26. The van der Waals surface area contributed by atoms with E-state index >= 15 is 0 Å². The zero-order valence-corrected chi connectivity index (χ0v) is 18.5. The van der Waals surface area contributed by atoms with Gasteiger partial charge >= 0.3 is 0 Å². The van der Waals surface area contributed by atoms with Crippen molar-refractivity contribution in [2.24, 2.45) is 4.99 Å². The minimum atomic E-state index is -0.320. The van der Waals surface area contributed by atoms with Crippen LogP contribution in [-0.2, 0) is 4.79 Å². The number of para-hydroxylation sites is 1. The van der Waals surface area contributed by atoms with E-state index < -0.39 is 0 Å². The summed E-state index contributed by atoms with van der Waals surface area (Å²) in [6.45, 7) is 1.99. The maximum absolute atomic E-state index is 13.6. The van der Waals surface area contributed by atoms with Crippen LogP contribution in [0, 0.1) is 12.7 Å². The number of carbonyl (C=O) groups is 1. The van der Waals surface area contributed by atoms with Crippen molar-refractivity contribution >= 4 is 51.7 Å². The monoisotopic (exact) mass is 447 g/mol. The van der Waals surface area contributed by atoms with Gasteiger partial charge in [-0.2, -0.15) is 0 Å². The number of fused-ring (bicyclic) bond motifs is 1. The third-order valence-corrected chi connectivity index (χ3v) is 7.42. The number of hydrogen-bond acceptors (Lipinski definition) is 5. The summed E-state index contributed by atoms with van der Waals surface area (Å²) in [5.74, 6) is -0.433. The molecular formula is C24H18FN3OS2. The fourth-order valence-corrected chi connectivity index (χ4v) is 5.84. The van der Waals surface area contributed by atoms with Gasteiger partial charge in [-0.1, -0.05) is 36.0 Å². The highest BCUT2D eigenvalue weighted by Crippen LogP contribution is 2.50. The van der Waals surface area contributed by atoms with Gasteiger partial charge in [-0.25, -0.2) is 9.38 Å². The predicted molar refractivity (Wildman–Crippen MR) is 127 cm³/mol. The number of benzene rings is 3. The second kappa shape index (κ2) is 7.90. The van der Waals surface area contributed by atoms with Gasteiger partial charge in [0.2, 0.25) is 0 Å². The molecule has 0 aromatic heterocycles. The maximum Gasteiger partial charge on any atom is 0.274 e. The first kappa shape index (κ1) is 19.9. The van der Waals surface area contributed by atoms with E-state index in [0.717, 1.165) is 26.9 Å². The largest absolute Gasteiger partial charge is 0.337 e.